The van der Waals surface area contributed by atoms with Crippen molar-refractivity contribution >= 4 is 17.8 Å². The van der Waals surface area contributed by atoms with Gasteiger partial charge in [-0.1, -0.05) is 84.3 Å². The van der Waals surface area contributed by atoms with Gasteiger partial charge in [0.15, 0.2) is 0 Å². The van der Waals surface area contributed by atoms with E-state index in [4.69, 9.17) is 10.2 Å². The topological polar surface area (TPSA) is 104 Å². The highest BCUT2D eigenvalue weighted by Crippen LogP contribution is 2.30. The summed E-state index contributed by atoms with van der Waals surface area (Å²) in [6, 6.07) is -1.36. The summed E-state index contributed by atoms with van der Waals surface area (Å²) in [5, 5.41) is 19.9. The van der Waals surface area contributed by atoms with Gasteiger partial charge in [0.05, 0.1) is 6.42 Å². The smallest absolute Gasteiger partial charge is 0.326 e. The molecule has 0 aromatic heterocycles. The van der Waals surface area contributed by atoms with Crippen LogP contribution in [-0.4, -0.2) is 34.1 Å². The third-order valence-electron chi connectivity index (χ3n) is 6.13. The molecule has 0 saturated heterocycles. The van der Waals surface area contributed by atoms with Crippen LogP contribution >= 0.6 is 0 Å². The maximum atomic E-state index is 11.8. The van der Waals surface area contributed by atoms with Crippen LogP contribution in [0.4, 0.5) is 0 Å². The van der Waals surface area contributed by atoms with Crippen LogP contribution in [0.5, 0.6) is 0 Å². The van der Waals surface area contributed by atoms with Gasteiger partial charge in [0.25, 0.3) is 0 Å². The van der Waals surface area contributed by atoms with Crippen LogP contribution in [0.25, 0.3) is 0 Å². The maximum absolute atomic E-state index is 11.8. The highest BCUT2D eigenvalue weighted by Gasteiger charge is 2.22. The summed E-state index contributed by atoms with van der Waals surface area (Å²) in [6.45, 7) is 7.01. The average molecular weight is 468 g/mol. The van der Waals surface area contributed by atoms with Gasteiger partial charge in [-0.15, -0.1) is 0 Å². The monoisotopic (exact) mass is 467 g/mol. The summed E-state index contributed by atoms with van der Waals surface area (Å²) in [5.41, 5.74) is 0.415. The minimum absolute atomic E-state index is 0.242. The van der Waals surface area contributed by atoms with Crippen molar-refractivity contribution in [2.24, 2.45) is 5.41 Å². The Kier molecular flexibility index (Phi) is 18.5. The van der Waals surface area contributed by atoms with Crippen molar-refractivity contribution in [1.29, 1.82) is 0 Å². The number of hydrogen-bond acceptors (Lipinski definition) is 3. The third kappa shape index (κ3) is 20.5. The first-order chi connectivity index (χ1) is 15.7. The molecule has 1 unspecified atom stereocenters. The Bertz CT molecular complexity index is 571. The van der Waals surface area contributed by atoms with Crippen molar-refractivity contribution in [2.45, 2.75) is 136 Å². The number of rotatable bonds is 22. The Morgan fingerprint density at radius 2 is 1.33 bits per heavy atom. The van der Waals surface area contributed by atoms with E-state index in [1.807, 2.05) is 0 Å². The van der Waals surface area contributed by atoms with Gasteiger partial charge in [0.2, 0.25) is 5.91 Å². The van der Waals surface area contributed by atoms with Gasteiger partial charge in [0, 0.05) is 6.42 Å². The van der Waals surface area contributed by atoms with E-state index in [-0.39, 0.29) is 6.42 Å². The summed E-state index contributed by atoms with van der Waals surface area (Å²) in [7, 11) is 0. The lowest BCUT2D eigenvalue weighted by molar-refractivity contribution is -0.147. The van der Waals surface area contributed by atoms with E-state index in [9.17, 15) is 14.4 Å². The predicted molar refractivity (Wildman–Crippen MR) is 134 cm³/mol. The van der Waals surface area contributed by atoms with Crippen molar-refractivity contribution in [3.8, 4) is 0 Å². The average Bonchev–Trinajstić information content (AvgIpc) is 2.73. The van der Waals surface area contributed by atoms with E-state index in [1.165, 1.54) is 70.6 Å². The van der Waals surface area contributed by atoms with Gasteiger partial charge in [-0.2, -0.15) is 0 Å². The minimum Gasteiger partial charge on any atom is -0.481 e. The maximum Gasteiger partial charge on any atom is 0.326 e. The van der Waals surface area contributed by atoms with Crippen LogP contribution in [0.1, 0.15) is 130 Å². The fourth-order valence-electron chi connectivity index (χ4n) is 3.99. The number of allylic oxidation sites excluding steroid dienone is 2. The molecule has 1 atom stereocenters. The largest absolute Gasteiger partial charge is 0.481 e. The van der Waals surface area contributed by atoms with E-state index in [0.717, 1.165) is 19.3 Å². The summed E-state index contributed by atoms with van der Waals surface area (Å²) in [5.74, 6) is -2.95. The molecular formula is C27H49NO5. The van der Waals surface area contributed by atoms with Gasteiger partial charge < -0.3 is 15.5 Å². The lowest BCUT2D eigenvalue weighted by Crippen LogP contribution is -2.42. The number of amides is 1. The molecule has 0 fully saturated rings. The molecule has 0 aromatic carbocycles. The Hall–Kier alpha value is -1.85. The van der Waals surface area contributed by atoms with Crippen molar-refractivity contribution in [3.05, 3.63) is 12.2 Å². The molecule has 6 heteroatoms. The first kappa shape index (κ1) is 31.1. The first-order valence-electron chi connectivity index (χ1n) is 13.1. The SMILES string of the molecule is CCCCC/C=C\CCCC(C)(C)CCCCCCCCCC(=O)NC(CC(=O)O)C(=O)O. The number of carboxylic acids is 2. The molecule has 0 radical (unpaired) electrons. The molecular weight excluding hydrogens is 418 g/mol. The van der Waals surface area contributed by atoms with Gasteiger partial charge >= 0.3 is 11.9 Å². The number of nitrogens with one attached hydrogen (secondary N) is 1. The quantitative estimate of drug-likeness (QED) is 0.119. The summed E-state index contributed by atoms with van der Waals surface area (Å²) >= 11 is 0. The first-order valence-corrected chi connectivity index (χ1v) is 13.1. The van der Waals surface area contributed by atoms with E-state index in [1.54, 1.807) is 0 Å². The molecule has 0 aliphatic carbocycles. The zero-order chi connectivity index (χ0) is 25.0. The van der Waals surface area contributed by atoms with E-state index in [2.05, 4.69) is 38.2 Å². The van der Waals surface area contributed by atoms with Gasteiger partial charge in [-0.05, 0) is 50.4 Å². The minimum atomic E-state index is -1.36. The summed E-state index contributed by atoms with van der Waals surface area (Å²) < 4.78 is 0. The lowest BCUT2D eigenvalue weighted by atomic mass is 9.82. The second-order valence-electron chi connectivity index (χ2n) is 10.1. The third-order valence-corrected chi connectivity index (χ3v) is 6.13. The highest BCUT2D eigenvalue weighted by molar-refractivity contribution is 5.86. The van der Waals surface area contributed by atoms with Crippen LogP contribution in [0, 0.1) is 5.41 Å². The molecule has 0 rings (SSSR count). The van der Waals surface area contributed by atoms with Gasteiger partial charge in [-0.3, -0.25) is 9.59 Å². The van der Waals surface area contributed by atoms with Crippen molar-refractivity contribution in [1.82, 2.24) is 5.32 Å². The fourth-order valence-corrected chi connectivity index (χ4v) is 3.99. The second-order valence-corrected chi connectivity index (χ2v) is 10.1. The number of hydrogen-bond donors (Lipinski definition) is 3. The molecule has 0 saturated carbocycles. The van der Waals surface area contributed by atoms with Crippen LogP contribution in [-0.2, 0) is 14.4 Å². The van der Waals surface area contributed by atoms with Crippen molar-refractivity contribution in [3.63, 3.8) is 0 Å². The molecule has 3 N–H and O–H groups in total. The van der Waals surface area contributed by atoms with Crippen LogP contribution in [0.2, 0.25) is 0 Å². The predicted octanol–water partition coefficient (Wildman–Crippen LogP) is 6.87. The van der Waals surface area contributed by atoms with Crippen molar-refractivity contribution in [2.75, 3.05) is 0 Å². The van der Waals surface area contributed by atoms with Crippen molar-refractivity contribution < 1.29 is 24.6 Å². The molecule has 0 bridgehead atoms. The second kappa shape index (κ2) is 19.6. The van der Waals surface area contributed by atoms with Gasteiger partial charge in [-0.25, -0.2) is 4.79 Å². The zero-order valence-electron chi connectivity index (χ0n) is 21.4. The molecule has 0 aromatic rings. The number of unbranched alkanes of at least 4 members (excludes halogenated alkanes) is 10. The standard InChI is InChI=1S/C27H49NO5/c1-4-5-6-7-8-11-14-17-20-27(2,3)21-18-15-12-9-10-13-16-19-24(29)28-23(26(32)33)22-25(30)31/h8,11,23H,4-7,9-10,12-22H2,1-3H3,(H,28,29)(H,30,31)(H,32,33)/b11-8-. The Morgan fingerprint density at radius 3 is 1.91 bits per heavy atom. The molecule has 0 spiro atoms. The lowest BCUT2D eigenvalue weighted by Gasteiger charge is -2.24. The Morgan fingerprint density at radius 1 is 0.788 bits per heavy atom. The summed E-state index contributed by atoms with van der Waals surface area (Å²) in [4.78, 5) is 33.4. The normalized spacial score (nSPS) is 12.7. The van der Waals surface area contributed by atoms with Crippen LogP contribution < -0.4 is 5.32 Å². The van der Waals surface area contributed by atoms with Crippen LogP contribution in [0.15, 0.2) is 12.2 Å². The van der Waals surface area contributed by atoms with E-state index < -0.39 is 30.3 Å². The van der Waals surface area contributed by atoms with Crippen LogP contribution in [0.3, 0.4) is 0 Å². The summed E-state index contributed by atoms with van der Waals surface area (Å²) in [6.07, 6.45) is 22.1. The fraction of sp³-hybridized carbons (Fsp3) is 0.815. The number of carbonyl (C=O) groups is 3. The number of aliphatic carboxylic acids is 2. The molecule has 192 valence electrons. The van der Waals surface area contributed by atoms with E-state index in [0.29, 0.717) is 11.8 Å². The van der Waals surface area contributed by atoms with E-state index >= 15 is 0 Å². The molecule has 0 aliphatic heterocycles. The molecule has 0 heterocycles. The Labute approximate surface area is 201 Å². The number of carbonyl (C=O) groups excluding carboxylic acids is 1. The van der Waals surface area contributed by atoms with Gasteiger partial charge in [0.1, 0.15) is 6.04 Å². The Balaban J connectivity index is 3.67. The zero-order valence-corrected chi connectivity index (χ0v) is 21.4. The molecule has 6 nitrogen and oxygen atoms in total. The highest BCUT2D eigenvalue weighted by atomic mass is 16.4. The molecule has 1 amide bonds. The number of carboxylic acid groups (broad SMARTS) is 2. The molecule has 0 aliphatic rings. The molecule has 33 heavy (non-hydrogen) atoms.